The molecule has 0 heterocycles. The number of hydrogen-bond donors (Lipinski definition) is 2. The second-order valence-corrected chi connectivity index (χ2v) is 7.46. The van der Waals surface area contributed by atoms with Gasteiger partial charge in [0.15, 0.2) is 0 Å². The van der Waals surface area contributed by atoms with E-state index in [9.17, 15) is 13.2 Å². The SMILES string of the molecule is O=C(O)C1CCC(NS(=O)(=O)C2CCCCC2)C1. The molecular formula is C12H21NO4S. The number of carbonyl (C=O) groups is 1. The molecule has 2 N–H and O–H groups in total. The van der Waals surface area contributed by atoms with Gasteiger partial charge in [0.25, 0.3) is 0 Å². The topological polar surface area (TPSA) is 83.5 Å². The predicted octanol–water partition coefficient (Wildman–Crippen LogP) is 1.49. The van der Waals surface area contributed by atoms with Crippen molar-refractivity contribution in [1.29, 1.82) is 0 Å². The van der Waals surface area contributed by atoms with Crippen LogP contribution in [0.15, 0.2) is 0 Å². The quantitative estimate of drug-likeness (QED) is 0.814. The molecule has 6 heteroatoms. The summed E-state index contributed by atoms with van der Waals surface area (Å²) < 4.78 is 27.0. The Hall–Kier alpha value is -0.620. The molecule has 0 bridgehead atoms. The van der Waals surface area contributed by atoms with E-state index < -0.39 is 16.0 Å². The Bertz CT molecular complexity index is 400. The fourth-order valence-electron chi connectivity index (χ4n) is 3.02. The van der Waals surface area contributed by atoms with E-state index in [4.69, 9.17) is 5.11 Å². The summed E-state index contributed by atoms with van der Waals surface area (Å²) >= 11 is 0. The average Bonchev–Trinajstić information content (AvgIpc) is 2.78. The highest BCUT2D eigenvalue weighted by Crippen LogP contribution is 2.28. The highest BCUT2D eigenvalue weighted by molar-refractivity contribution is 7.90. The van der Waals surface area contributed by atoms with Gasteiger partial charge in [-0.15, -0.1) is 0 Å². The van der Waals surface area contributed by atoms with Crippen LogP contribution >= 0.6 is 0 Å². The third kappa shape index (κ3) is 3.23. The van der Waals surface area contributed by atoms with Crippen molar-refractivity contribution in [3.05, 3.63) is 0 Å². The van der Waals surface area contributed by atoms with Gasteiger partial charge < -0.3 is 5.11 Å². The molecule has 0 amide bonds. The van der Waals surface area contributed by atoms with Gasteiger partial charge in [0.2, 0.25) is 10.0 Å². The first-order valence-corrected chi connectivity index (χ1v) is 8.27. The Morgan fingerprint density at radius 3 is 2.28 bits per heavy atom. The molecule has 0 aromatic rings. The number of hydrogen-bond acceptors (Lipinski definition) is 3. The van der Waals surface area contributed by atoms with Gasteiger partial charge in [-0.05, 0) is 32.1 Å². The normalized spacial score (nSPS) is 30.4. The molecular weight excluding hydrogens is 254 g/mol. The number of aliphatic carboxylic acids is 1. The van der Waals surface area contributed by atoms with Gasteiger partial charge in [-0.2, -0.15) is 0 Å². The maximum atomic E-state index is 12.2. The molecule has 2 rings (SSSR count). The Kier molecular flexibility index (Phi) is 4.27. The molecule has 2 aliphatic carbocycles. The van der Waals surface area contributed by atoms with Crippen LogP contribution in [0.5, 0.6) is 0 Å². The van der Waals surface area contributed by atoms with Gasteiger partial charge in [0.05, 0.1) is 11.2 Å². The molecule has 2 aliphatic rings. The first-order chi connectivity index (χ1) is 8.49. The Labute approximate surface area is 108 Å². The van der Waals surface area contributed by atoms with Crippen LogP contribution in [0.2, 0.25) is 0 Å². The zero-order valence-electron chi connectivity index (χ0n) is 10.5. The minimum Gasteiger partial charge on any atom is -0.481 e. The summed E-state index contributed by atoms with van der Waals surface area (Å²) in [6, 6.07) is -0.182. The number of rotatable bonds is 4. The summed E-state index contributed by atoms with van der Waals surface area (Å²) in [5.74, 6) is -1.20. The summed E-state index contributed by atoms with van der Waals surface area (Å²) in [5, 5.41) is 8.63. The van der Waals surface area contributed by atoms with Crippen LogP contribution in [-0.4, -0.2) is 30.8 Å². The molecule has 2 fully saturated rings. The minimum atomic E-state index is -3.26. The van der Waals surface area contributed by atoms with Gasteiger partial charge in [-0.3, -0.25) is 4.79 Å². The maximum Gasteiger partial charge on any atom is 0.306 e. The molecule has 0 radical (unpaired) electrons. The van der Waals surface area contributed by atoms with Crippen LogP contribution in [0.1, 0.15) is 51.4 Å². The molecule has 0 spiro atoms. The van der Waals surface area contributed by atoms with Crippen LogP contribution in [0.4, 0.5) is 0 Å². The van der Waals surface area contributed by atoms with Crippen molar-refractivity contribution < 1.29 is 18.3 Å². The van der Waals surface area contributed by atoms with E-state index in [1.165, 1.54) is 0 Å². The van der Waals surface area contributed by atoms with Crippen molar-refractivity contribution >= 4 is 16.0 Å². The lowest BCUT2D eigenvalue weighted by Crippen LogP contribution is -2.40. The van der Waals surface area contributed by atoms with Crippen LogP contribution in [0.3, 0.4) is 0 Å². The smallest absolute Gasteiger partial charge is 0.306 e. The third-order valence-corrected chi connectivity index (χ3v) is 6.11. The standard InChI is InChI=1S/C12H21NO4S/c14-12(15)9-6-7-10(8-9)13-18(16,17)11-4-2-1-3-5-11/h9-11,13H,1-8H2,(H,14,15). The molecule has 104 valence electrons. The van der Waals surface area contributed by atoms with Crippen LogP contribution in [0, 0.1) is 5.92 Å². The number of sulfonamides is 1. The van der Waals surface area contributed by atoms with E-state index in [-0.39, 0.29) is 17.2 Å². The number of nitrogens with one attached hydrogen (secondary N) is 1. The lowest BCUT2D eigenvalue weighted by atomic mass is 10.0. The predicted molar refractivity (Wildman–Crippen MR) is 67.7 cm³/mol. The molecule has 2 saturated carbocycles. The minimum absolute atomic E-state index is 0.182. The van der Waals surface area contributed by atoms with Crippen molar-refractivity contribution in [2.24, 2.45) is 5.92 Å². The first-order valence-electron chi connectivity index (χ1n) is 6.73. The number of carboxylic acid groups (broad SMARTS) is 1. The van der Waals surface area contributed by atoms with Crippen LogP contribution in [0.25, 0.3) is 0 Å². The van der Waals surface area contributed by atoms with E-state index >= 15 is 0 Å². The van der Waals surface area contributed by atoms with E-state index in [0.717, 1.165) is 32.1 Å². The van der Waals surface area contributed by atoms with Gasteiger partial charge in [0, 0.05) is 6.04 Å². The van der Waals surface area contributed by atoms with Crippen molar-refractivity contribution in [3.63, 3.8) is 0 Å². The van der Waals surface area contributed by atoms with Gasteiger partial charge in [-0.25, -0.2) is 13.1 Å². The second kappa shape index (κ2) is 5.57. The Balaban J connectivity index is 1.90. The summed E-state index contributed by atoms with van der Waals surface area (Å²) in [6.45, 7) is 0. The molecule has 2 unspecified atom stereocenters. The first kappa shape index (κ1) is 13.8. The maximum absolute atomic E-state index is 12.2. The fraction of sp³-hybridized carbons (Fsp3) is 0.917. The molecule has 0 aromatic heterocycles. The summed E-state index contributed by atoms with van der Waals surface area (Å²) in [4.78, 5) is 10.8. The van der Waals surface area contributed by atoms with E-state index in [1.54, 1.807) is 0 Å². The molecule has 2 atom stereocenters. The summed E-state index contributed by atoms with van der Waals surface area (Å²) in [5.41, 5.74) is 0. The molecule has 18 heavy (non-hydrogen) atoms. The Morgan fingerprint density at radius 1 is 1.06 bits per heavy atom. The molecule has 0 saturated heterocycles. The molecule has 5 nitrogen and oxygen atoms in total. The summed E-state index contributed by atoms with van der Waals surface area (Å²) in [6.07, 6.45) is 6.21. The van der Waals surface area contributed by atoms with Gasteiger partial charge >= 0.3 is 5.97 Å². The highest BCUT2D eigenvalue weighted by Gasteiger charge is 2.35. The average molecular weight is 275 g/mol. The molecule has 0 aromatic carbocycles. The van der Waals surface area contributed by atoms with Crippen molar-refractivity contribution in [2.45, 2.75) is 62.7 Å². The van der Waals surface area contributed by atoms with E-state index in [0.29, 0.717) is 19.3 Å². The third-order valence-electron chi connectivity index (χ3n) is 4.10. The van der Waals surface area contributed by atoms with Gasteiger partial charge in [0.1, 0.15) is 0 Å². The van der Waals surface area contributed by atoms with Crippen molar-refractivity contribution in [2.75, 3.05) is 0 Å². The zero-order valence-corrected chi connectivity index (χ0v) is 11.3. The largest absolute Gasteiger partial charge is 0.481 e. The summed E-state index contributed by atoms with van der Waals surface area (Å²) in [7, 11) is -3.26. The monoisotopic (exact) mass is 275 g/mol. The second-order valence-electron chi connectivity index (χ2n) is 5.47. The van der Waals surface area contributed by atoms with Gasteiger partial charge in [-0.1, -0.05) is 19.3 Å². The van der Waals surface area contributed by atoms with Crippen LogP contribution in [-0.2, 0) is 14.8 Å². The van der Waals surface area contributed by atoms with Crippen molar-refractivity contribution in [1.82, 2.24) is 4.72 Å². The lowest BCUT2D eigenvalue weighted by Gasteiger charge is -2.24. The fourth-order valence-corrected chi connectivity index (χ4v) is 4.84. The molecule has 0 aliphatic heterocycles. The zero-order chi connectivity index (χ0) is 13.2. The van der Waals surface area contributed by atoms with Crippen molar-refractivity contribution in [3.8, 4) is 0 Å². The lowest BCUT2D eigenvalue weighted by molar-refractivity contribution is -0.141. The Morgan fingerprint density at radius 2 is 1.72 bits per heavy atom. The number of carboxylic acids is 1. The highest BCUT2D eigenvalue weighted by atomic mass is 32.2. The van der Waals surface area contributed by atoms with E-state index in [2.05, 4.69) is 4.72 Å². The van der Waals surface area contributed by atoms with E-state index in [1.807, 2.05) is 0 Å². The van der Waals surface area contributed by atoms with Crippen LogP contribution < -0.4 is 4.72 Å².